The van der Waals surface area contributed by atoms with Crippen molar-refractivity contribution in [3.05, 3.63) is 189 Å². The van der Waals surface area contributed by atoms with Crippen molar-refractivity contribution < 1.29 is 87.5 Å². The monoisotopic (exact) mass is 1900 g/mol. The van der Waals surface area contributed by atoms with E-state index in [9.17, 15) is 54.3 Å². The third kappa shape index (κ3) is 32.7. The number of halogens is 6. The smallest absolute Gasteiger partial charge is 0.329 e. The van der Waals surface area contributed by atoms with E-state index >= 15 is 0 Å². The first kappa shape index (κ1) is 101. The minimum Gasteiger partial charge on any atom is -0.480 e. The zero-order valence-corrected chi connectivity index (χ0v) is 76.5. The number of nitrogens with zero attached hydrogens (tertiary/aromatic N) is 3. The number of hydrogen-bond donors (Lipinski definition) is 11. The predicted octanol–water partition coefficient (Wildman–Crippen LogP) is 8.87. The Morgan fingerprint density at radius 3 is 1.08 bits per heavy atom. The fraction of sp³-hybridized carbons (Fsp3) is 0.506. The number of benzene rings is 6. The number of likely N-dealkylation sites (N-methyl/N-ethyl adjacent to an activating group) is 3. The third-order valence-corrected chi connectivity index (χ3v) is 26.9. The average molecular weight is 1900 g/mol. The van der Waals surface area contributed by atoms with Crippen molar-refractivity contribution in [3.8, 4) is 0 Å². The molecule has 41 heteroatoms. The minimum atomic E-state index is -3.90. The molecule has 0 radical (unpaired) electrons. The molecule has 0 bridgehead atoms. The van der Waals surface area contributed by atoms with E-state index in [4.69, 9.17) is 103 Å². The summed E-state index contributed by atoms with van der Waals surface area (Å²) in [5, 5.41) is 31.9. The van der Waals surface area contributed by atoms with E-state index in [1.165, 1.54) is 18.2 Å². The van der Waals surface area contributed by atoms with Crippen LogP contribution in [0.25, 0.3) is 0 Å². The second-order valence-electron chi connectivity index (χ2n) is 30.3. The highest BCUT2D eigenvalue weighted by molar-refractivity contribution is 7.90. The number of ether oxygens (including phenoxy) is 7. The number of amides is 7. The number of carbonyl (C=O) groups excluding carboxylic acids is 4. The van der Waals surface area contributed by atoms with Crippen LogP contribution in [0, 0.1) is 0 Å². The Kier molecular flexibility index (Phi) is 41.3. The molecule has 0 saturated heterocycles. The van der Waals surface area contributed by atoms with Gasteiger partial charge in [0.05, 0.1) is 104 Å². The highest BCUT2D eigenvalue weighted by atomic mass is 35.5. The Morgan fingerprint density at radius 1 is 0.387 bits per heavy atom. The van der Waals surface area contributed by atoms with E-state index in [2.05, 4.69) is 66.1 Å². The van der Waals surface area contributed by atoms with Crippen molar-refractivity contribution in [1.29, 1.82) is 0 Å². The largest absolute Gasteiger partial charge is 0.480 e. The van der Waals surface area contributed by atoms with Crippen LogP contribution in [-0.2, 0) is 92.5 Å². The summed E-state index contributed by atoms with van der Waals surface area (Å²) < 4.78 is 127. The standard InChI is InChI=1S/C83H111Cl6N13O19S3/c1-100-49-60-43-76(88)77(89)48-66(60)69(50-100)57-10-4-13-63(40-57)122(109,110)96-25-31-118-37-34-115-28-22-93-80(106)90-19-7-16-83(99-78(103)55-121-56-79(104)105,17-8-20-91-81(107)94-23-29-116-35-38-119-32-26-97-123(111,112)64-14-5-11-58(41-64)70-51-101(2)53-72-67(70)44-61(84)46-74(72)86)18-9-21-92-82(108)95-24-30-117-36-39-120-33-27-98-124(113,114)65-15-6-12-59(42-65)71-52-102(3)54-73-68(71)45-62(85)47-75(73)87/h4-6,10-15,40-48,69-71,96-98H,7-9,16-39,49-56H2,1-3H3,(H,99,103)(H,104,105)(H2,90,93,106)(H2,91,94,107)(H2,92,95,108)/t69-,70-,71-/m0/s1. The summed E-state index contributed by atoms with van der Waals surface area (Å²) >= 11 is 38.7. The van der Waals surface area contributed by atoms with Crippen molar-refractivity contribution in [2.45, 2.75) is 96.1 Å². The lowest BCUT2D eigenvalue weighted by Gasteiger charge is -2.36. The molecule has 32 nitrogen and oxygen atoms in total. The van der Waals surface area contributed by atoms with Crippen LogP contribution in [0.4, 0.5) is 14.4 Å². The number of rotatable bonds is 53. The number of hydrogen-bond acceptors (Lipinski definition) is 21. The molecule has 124 heavy (non-hydrogen) atoms. The molecule has 0 spiro atoms. The molecule has 0 fully saturated rings. The molecule has 6 aromatic carbocycles. The number of aliphatic carboxylic acids is 1. The van der Waals surface area contributed by atoms with Crippen molar-refractivity contribution in [2.24, 2.45) is 0 Å². The summed E-state index contributed by atoms with van der Waals surface area (Å²) in [4.78, 5) is 70.7. The van der Waals surface area contributed by atoms with Crippen molar-refractivity contribution >= 4 is 130 Å². The SMILES string of the molecule is CN1Cc2cc(Cl)c(Cl)cc2[C@H](c2cccc(S(=O)(=O)NCCOCCOCCNC(=O)NCCCC(CCCNC(=O)NCCOCCOCCNS(=O)(=O)c3cccc([C@@H]4CN(C)Cc5c(Cl)cc(Cl)cc54)c3)(CCCNC(=O)NCCOCCOCCNS(=O)(=O)c3cccc([C@@H]4CN(C)Cc5c(Cl)cc(Cl)cc54)c3)NC(=O)COCC(=O)O)c2)C1. The van der Waals surface area contributed by atoms with Crippen LogP contribution in [0.3, 0.4) is 0 Å². The van der Waals surface area contributed by atoms with Gasteiger partial charge in [-0.15, -0.1) is 0 Å². The second-order valence-corrected chi connectivity index (χ2v) is 38.1. The van der Waals surface area contributed by atoms with Gasteiger partial charge in [-0.05, 0) is 183 Å². The van der Waals surface area contributed by atoms with E-state index in [0.717, 1.165) is 50.1 Å². The molecule has 0 saturated carbocycles. The number of carbonyl (C=O) groups is 5. The van der Waals surface area contributed by atoms with Crippen LogP contribution in [0.5, 0.6) is 0 Å². The molecule has 3 aliphatic heterocycles. The van der Waals surface area contributed by atoms with Gasteiger partial charge in [-0.1, -0.05) is 106 Å². The highest BCUT2D eigenvalue weighted by Gasteiger charge is 2.34. The summed E-state index contributed by atoms with van der Waals surface area (Å²) in [5.41, 5.74) is 7.23. The summed E-state index contributed by atoms with van der Waals surface area (Å²) in [5.74, 6) is -2.33. The van der Waals surface area contributed by atoms with Crippen molar-refractivity contribution in [3.63, 3.8) is 0 Å². The lowest BCUT2D eigenvalue weighted by atomic mass is 9.83. The molecule has 682 valence electrons. The van der Waals surface area contributed by atoms with Gasteiger partial charge in [-0.25, -0.2) is 58.6 Å². The molecule has 0 aromatic heterocycles. The lowest BCUT2D eigenvalue weighted by Crippen LogP contribution is -2.51. The van der Waals surface area contributed by atoms with Crippen molar-refractivity contribution in [2.75, 3.05) is 192 Å². The maximum Gasteiger partial charge on any atom is 0.329 e. The summed E-state index contributed by atoms with van der Waals surface area (Å²) in [6.45, 7) is 4.91. The van der Waals surface area contributed by atoms with E-state index in [1.807, 2.05) is 63.6 Å². The van der Waals surface area contributed by atoms with Crippen LogP contribution in [0.15, 0.2) is 124 Å². The van der Waals surface area contributed by atoms with Crippen LogP contribution in [0.1, 0.15) is 106 Å². The first-order valence-electron chi connectivity index (χ1n) is 40.8. The van der Waals surface area contributed by atoms with Crippen LogP contribution < -0.4 is 51.4 Å². The Hall–Kier alpha value is -6.86. The number of urea groups is 3. The maximum absolute atomic E-state index is 13.6. The molecule has 3 aliphatic rings. The van der Waals surface area contributed by atoms with Gasteiger partial charge in [0.15, 0.2) is 0 Å². The molecule has 0 unspecified atom stereocenters. The normalized spacial score (nSPS) is 15.8. The topological polar surface area (TPSA) is 403 Å². The summed E-state index contributed by atoms with van der Waals surface area (Å²) in [6, 6.07) is 29.8. The molecule has 9 rings (SSSR count). The van der Waals surface area contributed by atoms with Gasteiger partial charge in [0.2, 0.25) is 36.0 Å². The zero-order chi connectivity index (χ0) is 89.2. The average Bonchev–Trinajstić information content (AvgIpc) is 0.758. The molecule has 6 aromatic rings. The van der Waals surface area contributed by atoms with Crippen LogP contribution in [-0.4, -0.2) is 273 Å². The highest BCUT2D eigenvalue weighted by Crippen LogP contribution is 2.42. The molecular formula is C83H111Cl6N13O19S3. The number of fused-ring (bicyclic) bond motifs is 3. The van der Waals surface area contributed by atoms with Gasteiger partial charge in [0, 0.05) is 142 Å². The number of carboxylic acid groups (broad SMARTS) is 1. The maximum atomic E-state index is 13.6. The number of nitrogens with one attached hydrogen (secondary N) is 10. The summed E-state index contributed by atoms with van der Waals surface area (Å²) in [6.07, 6.45) is 1.79. The first-order chi connectivity index (χ1) is 59.4. The zero-order valence-electron chi connectivity index (χ0n) is 69.5. The van der Waals surface area contributed by atoms with Gasteiger partial charge in [0.25, 0.3) is 0 Å². The van der Waals surface area contributed by atoms with Gasteiger partial charge in [0.1, 0.15) is 13.2 Å². The third-order valence-electron chi connectivity index (χ3n) is 20.7. The van der Waals surface area contributed by atoms with E-state index in [0.29, 0.717) is 88.7 Å². The molecular weight excluding hydrogens is 1790 g/mol. The Morgan fingerprint density at radius 2 is 0.718 bits per heavy atom. The van der Waals surface area contributed by atoms with Gasteiger partial charge >= 0.3 is 24.1 Å². The van der Waals surface area contributed by atoms with E-state index < -0.39 is 78.8 Å². The molecule has 3 heterocycles. The fourth-order valence-electron chi connectivity index (χ4n) is 14.9. The van der Waals surface area contributed by atoms with E-state index in [-0.39, 0.29) is 190 Å². The fourth-order valence-corrected chi connectivity index (χ4v) is 19.6. The Bertz CT molecular complexity index is 4710. The predicted molar refractivity (Wildman–Crippen MR) is 475 cm³/mol. The number of sulfonamides is 3. The van der Waals surface area contributed by atoms with E-state index in [1.54, 1.807) is 48.5 Å². The van der Waals surface area contributed by atoms with Gasteiger partial charge in [-0.3, -0.25) is 4.79 Å². The number of carboxylic acids is 1. The quantitative estimate of drug-likeness (QED) is 0.0159. The van der Waals surface area contributed by atoms with Crippen LogP contribution in [0.2, 0.25) is 30.1 Å². The molecule has 0 aliphatic carbocycles. The van der Waals surface area contributed by atoms with Crippen LogP contribution >= 0.6 is 69.6 Å². The minimum absolute atomic E-state index is 0.00131. The molecule has 3 atom stereocenters. The first-order valence-corrected chi connectivity index (χ1v) is 47.5. The van der Waals surface area contributed by atoms with Gasteiger partial charge < -0.3 is 90.2 Å². The Labute approximate surface area is 755 Å². The molecule has 7 amide bonds. The Balaban J connectivity index is 0.677. The summed E-state index contributed by atoms with van der Waals surface area (Å²) in [7, 11) is -5.74. The lowest BCUT2D eigenvalue weighted by molar-refractivity contribution is -0.144. The molecule has 11 N–H and O–H groups in total. The van der Waals surface area contributed by atoms with Crippen molar-refractivity contribution in [1.82, 2.24) is 66.1 Å². The second kappa shape index (κ2) is 50.8. The van der Waals surface area contributed by atoms with Gasteiger partial charge in [-0.2, -0.15) is 0 Å².